The molecule has 1 amide bonds. The van der Waals surface area contributed by atoms with Crippen LogP contribution >= 0.6 is 0 Å². The number of pyridine rings is 1. The third-order valence-electron chi connectivity index (χ3n) is 4.22. The molecule has 0 aliphatic heterocycles. The van der Waals surface area contributed by atoms with E-state index in [9.17, 15) is 18.0 Å². The third kappa shape index (κ3) is 3.21. The van der Waals surface area contributed by atoms with Crippen LogP contribution in [0.4, 0.5) is 13.2 Å². The number of hydrogen-bond donors (Lipinski definition) is 2. The second-order valence-electron chi connectivity index (χ2n) is 5.99. The zero-order valence-corrected chi connectivity index (χ0v) is 14.5. The number of halogens is 3. The van der Waals surface area contributed by atoms with Crippen molar-refractivity contribution in [3.63, 3.8) is 0 Å². The van der Waals surface area contributed by atoms with Gasteiger partial charge in [-0.2, -0.15) is 4.99 Å². The minimum Gasteiger partial charge on any atom is -0.370 e. The van der Waals surface area contributed by atoms with Gasteiger partial charge in [0.05, 0.1) is 16.6 Å². The topological polar surface area (TPSA) is 94.4 Å². The Morgan fingerprint density at radius 1 is 1.04 bits per heavy atom. The zero-order chi connectivity index (χ0) is 19.9. The van der Waals surface area contributed by atoms with Crippen molar-refractivity contribution in [2.45, 2.75) is 13.8 Å². The number of rotatable bonds is 2. The molecule has 27 heavy (non-hydrogen) atoms. The molecule has 0 aliphatic carbocycles. The third-order valence-corrected chi connectivity index (χ3v) is 4.22. The first-order valence-electron chi connectivity index (χ1n) is 7.89. The van der Waals surface area contributed by atoms with Gasteiger partial charge in [-0.3, -0.25) is 9.78 Å². The Labute approximate surface area is 152 Å². The van der Waals surface area contributed by atoms with E-state index in [1.807, 2.05) is 0 Å². The summed E-state index contributed by atoms with van der Waals surface area (Å²) in [5, 5.41) is 0.319. The minimum atomic E-state index is -1.05. The first-order valence-corrected chi connectivity index (χ1v) is 7.89. The highest BCUT2D eigenvalue weighted by molar-refractivity contribution is 6.12. The van der Waals surface area contributed by atoms with Crippen LogP contribution in [0.25, 0.3) is 22.0 Å². The Balaban J connectivity index is 2.44. The van der Waals surface area contributed by atoms with Crippen LogP contribution < -0.4 is 11.5 Å². The van der Waals surface area contributed by atoms with Crippen molar-refractivity contribution in [2.24, 2.45) is 16.5 Å². The maximum absolute atomic E-state index is 14.4. The summed E-state index contributed by atoms with van der Waals surface area (Å²) in [7, 11) is 0. The summed E-state index contributed by atoms with van der Waals surface area (Å²) in [5.41, 5.74) is 11.5. The number of aromatic nitrogens is 1. The molecule has 0 atom stereocenters. The maximum Gasteiger partial charge on any atom is 0.282 e. The number of para-hydroxylation sites is 1. The Morgan fingerprint density at radius 2 is 1.67 bits per heavy atom. The summed E-state index contributed by atoms with van der Waals surface area (Å²) in [5.74, 6) is -4.28. The predicted octanol–water partition coefficient (Wildman–Crippen LogP) is 3.35. The van der Waals surface area contributed by atoms with Crippen LogP contribution in [-0.4, -0.2) is 16.9 Å². The van der Waals surface area contributed by atoms with E-state index >= 15 is 0 Å². The lowest BCUT2D eigenvalue weighted by Crippen LogP contribution is -2.24. The summed E-state index contributed by atoms with van der Waals surface area (Å²) in [6, 6.07) is 5.76. The number of aliphatic imine (C=N–C) groups is 1. The van der Waals surface area contributed by atoms with Gasteiger partial charge in [0.1, 0.15) is 17.5 Å². The van der Waals surface area contributed by atoms with Crippen LogP contribution in [0.2, 0.25) is 0 Å². The van der Waals surface area contributed by atoms with E-state index in [0.29, 0.717) is 28.8 Å². The lowest BCUT2D eigenvalue weighted by atomic mass is 9.93. The van der Waals surface area contributed by atoms with Crippen LogP contribution in [0.1, 0.15) is 21.6 Å². The quantitative estimate of drug-likeness (QED) is 0.533. The average Bonchev–Trinajstić information content (AvgIpc) is 2.56. The average molecular weight is 372 g/mol. The molecule has 0 fully saturated rings. The smallest absolute Gasteiger partial charge is 0.282 e. The molecule has 1 aromatic heterocycles. The number of carbonyl (C=O) groups is 1. The molecule has 0 saturated carbocycles. The van der Waals surface area contributed by atoms with Gasteiger partial charge in [-0.05, 0) is 25.5 Å². The predicted molar refractivity (Wildman–Crippen MR) is 96.7 cm³/mol. The molecule has 0 spiro atoms. The van der Waals surface area contributed by atoms with E-state index in [-0.39, 0.29) is 16.6 Å². The Bertz CT molecular complexity index is 1100. The maximum atomic E-state index is 14.4. The summed E-state index contributed by atoms with van der Waals surface area (Å²) < 4.78 is 42.2. The van der Waals surface area contributed by atoms with Gasteiger partial charge < -0.3 is 11.5 Å². The molecular weight excluding hydrogens is 357 g/mol. The van der Waals surface area contributed by atoms with E-state index < -0.39 is 34.9 Å². The molecule has 0 aliphatic rings. The number of fused-ring (bicyclic) bond motifs is 1. The van der Waals surface area contributed by atoms with E-state index in [4.69, 9.17) is 11.5 Å². The summed E-state index contributed by atoms with van der Waals surface area (Å²) in [6.45, 7) is 3.28. The lowest BCUT2D eigenvalue weighted by Gasteiger charge is -2.15. The van der Waals surface area contributed by atoms with Gasteiger partial charge >= 0.3 is 0 Å². The molecule has 0 saturated heterocycles. The fourth-order valence-corrected chi connectivity index (χ4v) is 2.95. The number of nitrogens with two attached hydrogens (primary N) is 2. The molecule has 138 valence electrons. The highest BCUT2D eigenvalue weighted by atomic mass is 19.1. The van der Waals surface area contributed by atoms with Crippen LogP contribution in [0.3, 0.4) is 0 Å². The Kier molecular flexibility index (Phi) is 4.57. The summed E-state index contributed by atoms with van der Waals surface area (Å²) in [4.78, 5) is 20.2. The van der Waals surface area contributed by atoms with Gasteiger partial charge in [0, 0.05) is 28.8 Å². The first kappa shape index (κ1) is 18.4. The van der Waals surface area contributed by atoms with Crippen molar-refractivity contribution in [2.75, 3.05) is 0 Å². The molecule has 8 heteroatoms. The second kappa shape index (κ2) is 6.71. The molecule has 0 unspecified atom stereocenters. The highest BCUT2D eigenvalue weighted by Crippen LogP contribution is 2.37. The Hall–Kier alpha value is -3.42. The standard InChI is InChI=1S/C19H15F3N4O/c1-8-9(2)25-17-11(4-3-5-12(17)18(27)26-19(23)24)15(8)16-13(21)6-10(20)7-14(16)22/h3-7H,1-2H3,(H4,23,24,26,27). The number of guanidine groups is 1. The lowest BCUT2D eigenvalue weighted by molar-refractivity contribution is 0.100. The first-order chi connectivity index (χ1) is 12.7. The SMILES string of the molecule is Cc1nc2c(C(=O)N=C(N)N)cccc2c(-c2c(F)cc(F)cc2F)c1C. The number of aryl methyl sites for hydroxylation is 1. The van der Waals surface area contributed by atoms with Crippen LogP contribution in [0.5, 0.6) is 0 Å². The van der Waals surface area contributed by atoms with Gasteiger partial charge in [0.25, 0.3) is 5.91 Å². The van der Waals surface area contributed by atoms with Gasteiger partial charge in [-0.25, -0.2) is 13.2 Å². The van der Waals surface area contributed by atoms with Crippen LogP contribution in [0.15, 0.2) is 35.3 Å². The van der Waals surface area contributed by atoms with Gasteiger partial charge in [0.15, 0.2) is 5.96 Å². The van der Waals surface area contributed by atoms with Crippen molar-refractivity contribution in [3.8, 4) is 11.1 Å². The molecule has 2 aromatic carbocycles. The normalized spacial score (nSPS) is 10.9. The second-order valence-corrected chi connectivity index (χ2v) is 5.99. The van der Waals surface area contributed by atoms with Crippen molar-refractivity contribution in [1.29, 1.82) is 0 Å². The summed E-state index contributed by atoms with van der Waals surface area (Å²) in [6.07, 6.45) is 0. The van der Waals surface area contributed by atoms with E-state index in [1.54, 1.807) is 19.9 Å². The van der Waals surface area contributed by atoms with Gasteiger partial charge in [-0.15, -0.1) is 0 Å². The molecule has 0 radical (unpaired) electrons. The number of hydrogen-bond acceptors (Lipinski definition) is 2. The molecule has 0 bridgehead atoms. The molecule has 1 heterocycles. The van der Waals surface area contributed by atoms with E-state index in [1.165, 1.54) is 12.1 Å². The minimum absolute atomic E-state index is 0.0770. The van der Waals surface area contributed by atoms with E-state index in [0.717, 1.165) is 0 Å². The molecule has 4 N–H and O–H groups in total. The highest BCUT2D eigenvalue weighted by Gasteiger charge is 2.22. The van der Waals surface area contributed by atoms with Gasteiger partial charge in [0.2, 0.25) is 0 Å². The fourth-order valence-electron chi connectivity index (χ4n) is 2.95. The van der Waals surface area contributed by atoms with Crippen molar-refractivity contribution >= 4 is 22.8 Å². The van der Waals surface area contributed by atoms with Gasteiger partial charge in [-0.1, -0.05) is 12.1 Å². The van der Waals surface area contributed by atoms with Crippen molar-refractivity contribution in [3.05, 3.63) is 64.6 Å². The molecule has 5 nitrogen and oxygen atoms in total. The van der Waals surface area contributed by atoms with Crippen LogP contribution in [-0.2, 0) is 0 Å². The van der Waals surface area contributed by atoms with Crippen molar-refractivity contribution < 1.29 is 18.0 Å². The number of carbonyl (C=O) groups excluding carboxylic acids is 1. The van der Waals surface area contributed by atoms with Crippen LogP contribution in [0, 0.1) is 31.3 Å². The van der Waals surface area contributed by atoms with E-state index in [2.05, 4.69) is 9.98 Å². The molecular formula is C19H15F3N4O. The number of amides is 1. The Morgan fingerprint density at radius 3 is 2.26 bits per heavy atom. The molecule has 3 aromatic rings. The number of nitrogens with zero attached hydrogens (tertiary/aromatic N) is 2. The summed E-state index contributed by atoms with van der Waals surface area (Å²) >= 11 is 0. The van der Waals surface area contributed by atoms with Crippen molar-refractivity contribution in [1.82, 2.24) is 4.98 Å². The monoisotopic (exact) mass is 372 g/mol. The fraction of sp³-hybridized carbons (Fsp3) is 0.105. The number of benzene rings is 2. The molecule has 3 rings (SSSR count). The zero-order valence-electron chi connectivity index (χ0n) is 14.5. The largest absolute Gasteiger partial charge is 0.370 e.